The van der Waals surface area contributed by atoms with Gasteiger partial charge in [-0.05, 0) is 51.0 Å². The van der Waals surface area contributed by atoms with E-state index in [4.69, 9.17) is 10.2 Å². The Morgan fingerprint density at radius 3 is 2.50 bits per heavy atom. The lowest BCUT2D eigenvalue weighted by atomic mass is 10.1. The van der Waals surface area contributed by atoms with Crippen molar-refractivity contribution >= 4 is 24.0 Å². The standard InChI is InChI=1S/C16H19N3O2.ClH/c1-16(2,17)15(20)19-12-7-5-10(6-8-12)13-9-18-14(21-13)11-3-4-11;/h5-9,11H,3-4,17H2,1-2H3,(H,19,20);1H. The Kier molecular flexibility index (Phi) is 4.58. The quantitative estimate of drug-likeness (QED) is 0.905. The average Bonchev–Trinajstić information content (AvgIpc) is 3.17. The van der Waals surface area contributed by atoms with Crippen molar-refractivity contribution in [2.75, 3.05) is 5.32 Å². The van der Waals surface area contributed by atoms with E-state index in [0.29, 0.717) is 11.6 Å². The van der Waals surface area contributed by atoms with Crippen molar-refractivity contribution in [3.63, 3.8) is 0 Å². The molecular weight excluding hydrogens is 302 g/mol. The number of hydrogen-bond donors (Lipinski definition) is 2. The Morgan fingerprint density at radius 1 is 1.32 bits per heavy atom. The lowest BCUT2D eigenvalue weighted by molar-refractivity contribution is -0.120. The highest BCUT2D eigenvalue weighted by Crippen LogP contribution is 2.40. The van der Waals surface area contributed by atoms with Crippen LogP contribution in [0.3, 0.4) is 0 Å². The van der Waals surface area contributed by atoms with E-state index in [9.17, 15) is 4.79 Å². The van der Waals surface area contributed by atoms with Gasteiger partial charge in [0, 0.05) is 17.2 Å². The molecule has 1 aliphatic rings. The van der Waals surface area contributed by atoms with Crippen LogP contribution in [0.15, 0.2) is 34.9 Å². The van der Waals surface area contributed by atoms with Crippen molar-refractivity contribution in [3.8, 4) is 11.3 Å². The molecule has 1 aromatic carbocycles. The molecule has 5 nitrogen and oxygen atoms in total. The van der Waals surface area contributed by atoms with Crippen LogP contribution in [-0.4, -0.2) is 16.4 Å². The van der Waals surface area contributed by atoms with Crippen LogP contribution in [0, 0.1) is 0 Å². The number of benzene rings is 1. The number of halogens is 1. The molecule has 2 aromatic rings. The van der Waals surface area contributed by atoms with Crippen LogP contribution in [0.4, 0.5) is 5.69 Å². The zero-order chi connectivity index (χ0) is 15.0. The predicted octanol–water partition coefficient (Wildman–Crippen LogP) is 3.32. The first-order valence-electron chi connectivity index (χ1n) is 7.10. The van der Waals surface area contributed by atoms with Crippen LogP contribution in [-0.2, 0) is 4.79 Å². The van der Waals surface area contributed by atoms with Crippen LogP contribution in [0.25, 0.3) is 11.3 Å². The smallest absolute Gasteiger partial charge is 0.243 e. The first kappa shape index (κ1) is 16.5. The molecule has 1 saturated carbocycles. The number of nitrogens with one attached hydrogen (secondary N) is 1. The Labute approximate surface area is 135 Å². The number of nitrogens with zero attached hydrogens (tertiary/aromatic N) is 1. The van der Waals surface area contributed by atoms with Gasteiger partial charge in [-0.2, -0.15) is 0 Å². The zero-order valence-corrected chi connectivity index (χ0v) is 13.4. The van der Waals surface area contributed by atoms with Crippen molar-refractivity contribution in [3.05, 3.63) is 36.4 Å². The second-order valence-electron chi connectivity index (χ2n) is 6.09. The number of oxazole rings is 1. The molecule has 6 heteroatoms. The fraction of sp³-hybridized carbons (Fsp3) is 0.375. The van der Waals surface area contributed by atoms with Crippen molar-refractivity contribution in [1.82, 2.24) is 4.98 Å². The maximum Gasteiger partial charge on any atom is 0.243 e. The summed E-state index contributed by atoms with van der Waals surface area (Å²) in [4.78, 5) is 16.1. The van der Waals surface area contributed by atoms with E-state index in [2.05, 4.69) is 10.3 Å². The number of hydrogen-bond acceptors (Lipinski definition) is 4. The van der Waals surface area contributed by atoms with Gasteiger partial charge in [0.2, 0.25) is 5.91 Å². The van der Waals surface area contributed by atoms with Gasteiger partial charge < -0.3 is 15.5 Å². The summed E-state index contributed by atoms with van der Waals surface area (Å²) in [5.41, 5.74) is 6.51. The average molecular weight is 322 g/mol. The highest BCUT2D eigenvalue weighted by molar-refractivity contribution is 5.97. The third-order valence-electron chi connectivity index (χ3n) is 3.46. The molecule has 0 aliphatic heterocycles. The first-order valence-corrected chi connectivity index (χ1v) is 7.10. The van der Waals surface area contributed by atoms with E-state index < -0.39 is 5.54 Å². The molecule has 1 amide bonds. The van der Waals surface area contributed by atoms with Crippen molar-refractivity contribution in [2.45, 2.75) is 38.1 Å². The van der Waals surface area contributed by atoms with Gasteiger partial charge in [0.1, 0.15) is 0 Å². The lowest BCUT2D eigenvalue weighted by Crippen LogP contribution is -2.45. The molecular formula is C16H20ClN3O2. The Balaban J connectivity index is 0.00000176. The molecule has 0 spiro atoms. The molecule has 3 N–H and O–H groups in total. The molecule has 1 fully saturated rings. The van der Waals surface area contributed by atoms with E-state index in [1.807, 2.05) is 24.3 Å². The number of carbonyl (C=O) groups excluding carboxylic acids is 1. The molecule has 0 saturated heterocycles. The fourth-order valence-electron chi connectivity index (χ4n) is 1.95. The molecule has 1 heterocycles. The van der Waals surface area contributed by atoms with Crippen molar-refractivity contribution in [1.29, 1.82) is 0 Å². The van der Waals surface area contributed by atoms with Crippen LogP contribution in [0.5, 0.6) is 0 Å². The van der Waals surface area contributed by atoms with Gasteiger partial charge in [0.15, 0.2) is 11.7 Å². The molecule has 118 valence electrons. The topological polar surface area (TPSA) is 81.2 Å². The SMILES string of the molecule is CC(C)(N)C(=O)Nc1ccc(-c2cnc(C3CC3)o2)cc1.Cl. The number of amides is 1. The van der Waals surface area contributed by atoms with E-state index in [0.717, 1.165) is 17.2 Å². The molecule has 0 unspecified atom stereocenters. The van der Waals surface area contributed by atoms with Gasteiger partial charge in [-0.25, -0.2) is 4.98 Å². The molecule has 0 bridgehead atoms. The van der Waals surface area contributed by atoms with E-state index in [1.165, 1.54) is 12.8 Å². The summed E-state index contributed by atoms with van der Waals surface area (Å²) in [6.07, 6.45) is 4.09. The van der Waals surface area contributed by atoms with Crippen LogP contribution in [0.2, 0.25) is 0 Å². The minimum Gasteiger partial charge on any atom is -0.440 e. The van der Waals surface area contributed by atoms with Gasteiger partial charge in [-0.3, -0.25) is 4.79 Å². The first-order chi connectivity index (χ1) is 9.93. The van der Waals surface area contributed by atoms with E-state index >= 15 is 0 Å². The molecule has 0 atom stereocenters. The normalized spacial score (nSPS) is 14.3. The number of aromatic nitrogens is 1. The van der Waals surface area contributed by atoms with E-state index in [1.54, 1.807) is 20.0 Å². The lowest BCUT2D eigenvalue weighted by Gasteiger charge is -2.17. The Bertz CT molecular complexity index is 655. The van der Waals surface area contributed by atoms with Crippen molar-refractivity contribution in [2.24, 2.45) is 5.73 Å². The highest BCUT2D eigenvalue weighted by Gasteiger charge is 2.28. The summed E-state index contributed by atoms with van der Waals surface area (Å²) in [6, 6.07) is 7.46. The molecule has 1 aliphatic carbocycles. The summed E-state index contributed by atoms with van der Waals surface area (Å²) in [5, 5.41) is 2.78. The number of carbonyl (C=O) groups is 1. The second kappa shape index (κ2) is 6.10. The van der Waals surface area contributed by atoms with Crippen LogP contribution >= 0.6 is 12.4 Å². The van der Waals surface area contributed by atoms with Gasteiger partial charge in [-0.1, -0.05) is 0 Å². The highest BCUT2D eigenvalue weighted by atomic mass is 35.5. The minimum atomic E-state index is -0.900. The zero-order valence-electron chi connectivity index (χ0n) is 12.6. The maximum atomic E-state index is 11.8. The monoisotopic (exact) mass is 321 g/mol. The molecule has 22 heavy (non-hydrogen) atoms. The fourth-order valence-corrected chi connectivity index (χ4v) is 1.95. The van der Waals surface area contributed by atoms with E-state index in [-0.39, 0.29) is 18.3 Å². The maximum absolute atomic E-state index is 11.8. The van der Waals surface area contributed by atoms with Gasteiger partial charge in [0.25, 0.3) is 0 Å². The van der Waals surface area contributed by atoms with Crippen molar-refractivity contribution < 1.29 is 9.21 Å². The van der Waals surface area contributed by atoms with Gasteiger partial charge in [0.05, 0.1) is 11.7 Å². The summed E-state index contributed by atoms with van der Waals surface area (Å²) < 4.78 is 5.75. The number of nitrogens with two attached hydrogens (primary N) is 1. The summed E-state index contributed by atoms with van der Waals surface area (Å²) in [5.74, 6) is 1.87. The molecule has 0 radical (unpaired) electrons. The molecule has 3 rings (SSSR count). The Hall–Kier alpha value is -1.85. The second-order valence-corrected chi connectivity index (χ2v) is 6.09. The summed E-state index contributed by atoms with van der Waals surface area (Å²) in [7, 11) is 0. The molecule has 1 aromatic heterocycles. The summed E-state index contributed by atoms with van der Waals surface area (Å²) >= 11 is 0. The minimum absolute atomic E-state index is 0. The largest absolute Gasteiger partial charge is 0.440 e. The van der Waals surface area contributed by atoms with Crippen LogP contribution < -0.4 is 11.1 Å². The number of rotatable bonds is 4. The predicted molar refractivity (Wildman–Crippen MR) is 88.1 cm³/mol. The third-order valence-corrected chi connectivity index (χ3v) is 3.46. The van der Waals surface area contributed by atoms with Gasteiger partial charge in [-0.15, -0.1) is 12.4 Å². The number of anilines is 1. The third kappa shape index (κ3) is 3.67. The van der Waals surface area contributed by atoms with Crippen LogP contribution in [0.1, 0.15) is 38.5 Å². The van der Waals surface area contributed by atoms with Gasteiger partial charge >= 0.3 is 0 Å². The Morgan fingerprint density at radius 2 is 1.95 bits per heavy atom. The summed E-state index contributed by atoms with van der Waals surface area (Å²) in [6.45, 7) is 3.34.